The Hall–Kier alpha value is -0.910. The van der Waals surface area contributed by atoms with Gasteiger partial charge in [0.15, 0.2) is 0 Å². The van der Waals surface area contributed by atoms with Crippen LogP contribution in [0.5, 0.6) is 0 Å². The van der Waals surface area contributed by atoms with E-state index < -0.39 is 0 Å². The van der Waals surface area contributed by atoms with Gasteiger partial charge in [-0.25, -0.2) is 0 Å². The number of thioether (sulfide) groups is 1. The predicted molar refractivity (Wildman–Crippen MR) is 131 cm³/mol. The highest BCUT2D eigenvalue weighted by Crippen LogP contribution is 2.06. The first-order valence-electron chi connectivity index (χ1n) is 11.0. The fraction of sp³-hybridized carbons (Fsp3) is 0.750. The molecule has 0 saturated carbocycles. The van der Waals surface area contributed by atoms with E-state index >= 15 is 0 Å². The lowest BCUT2D eigenvalue weighted by Crippen LogP contribution is -2.07. The van der Waals surface area contributed by atoms with E-state index in [1.807, 2.05) is 24.9 Å². The average molecular weight is 430 g/mol. The zero-order valence-corrected chi connectivity index (χ0v) is 21.0. The molecule has 1 N–H and O–H groups in total. The van der Waals surface area contributed by atoms with Gasteiger partial charge >= 0.3 is 0 Å². The molecule has 0 aromatic carbocycles. The number of ether oxygens (including phenoxy) is 3. The fourth-order valence-electron chi connectivity index (χ4n) is 2.23. The van der Waals surface area contributed by atoms with Crippen molar-refractivity contribution < 1.29 is 14.2 Å². The molecule has 29 heavy (non-hydrogen) atoms. The number of rotatable bonds is 17. The minimum Gasteiger partial charge on any atom is -0.497 e. The van der Waals surface area contributed by atoms with Crippen molar-refractivity contribution in [2.75, 3.05) is 52.1 Å². The van der Waals surface area contributed by atoms with Gasteiger partial charge in [-0.2, -0.15) is 11.8 Å². The third kappa shape index (κ3) is 23.2. The summed E-state index contributed by atoms with van der Waals surface area (Å²) in [7, 11) is 3.68. The van der Waals surface area contributed by atoms with Gasteiger partial charge in [0.1, 0.15) is 5.76 Å². The molecule has 0 radical (unpaired) electrons. The van der Waals surface area contributed by atoms with Crippen LogP contribution in [-0.4, -0.2) is 52.1 Å². The zero-order chi connectivity index (χ0) is 22.2. The van der Waals surface area contributed by atoms with Gasteiger partial charge in [-0.3, -0.25) is 0 Å². The number of hydrogen-bond donors (Lipinski definition) is 1. The maximum absolute atomic E-state index is 5.48. The normalized spacial score (nSPS) is 12.4. The fourth-order valence-corrected chi connectivity index (χ4v) is 2.98. The van der Waals surface area contributed by atoms with Crippen LogP contribution in [0.15, 0.2) is 35.3 Å². The molecule has 0 amide bonds. The highest BCUT2D eigenvalue weighted by atomic mass is 32.2. The largest absolute Gasteiger partial charge is 0.497 e. The van der Waals surface area contributed by atoms with Crippen molar-refractivity contribution >= 4 is 11.8 Å². The monoisotopic (exact) mass is 429 g/mol. The molecule has 0 fully saturated rings. The minimum absolute atomic E-state index is 0.708. The topological polar surface area (TPSA) is 39.7 Å². The van der Waals surface area contributed by atoms with Gasteiger partial charge in [-0.15, -0.1) is 0 Å². The van der Waals surface area contributed by atoms with Gasteiger partial charge in [-0.1, -0.05) is 38.8 Å². The predicted octanol–water partition coefficient (Wildman–Crippen LogP) is 6.35. The molecule has 0 aliphatic rings. The van der Waals surface area contributed by atoms with Crippen molar-refractivity contribution in [3.05, 3.63) is 35.3 Å². The van der Waals surface area contributed by atoms with Crippen LogP contribution in [0.2, 0.25) is 0 Å². The smallest absolute Gasteiger partial charge is 0.114 e. The molecule has 0 heterocycles. The standard InChI is InChI=1S/C16H30O3S.C8H17N/c1-4-8-16(17-3)9-6-7-14-20-15-13-19-12-11-18-10-5-2;1-5-6-7(2)8(3)9-4/h6,8-9H,4-5,7,10-15H2,1-3H3;9H,5-6H2,1-4H3/b9-6-,16-8+;8-7+. The Morgan fingerprint density at radius 1 is 0.931 bits per heavy atom. The van der Waals surface area contributed by atoms with Gasteiger partial charge in [0.05, 0.1) is 26.9 Å². The number of hydrogen-bond acceptors (Lipinski definition) is 5. The van der Waals surface area contributed by atoms with Gasteiger partial charge in [0.25, 0.3) is 0 Å². The van der Waals surface area contributed by atoms with Crippen LogP contribution in [0, 0.1) is 0 Å². The van der Waals surface area contributed by atoms with Crippen LogP contribution in [0.25, 0.3) is 0 Å². The molecule has 0 aromatic heterocycles. The van der Waals surface area contributed by atoms with E-state index in [-0.39, 0.29) is 0 Å². The summed E-state index contributed by atoms with van der Waals surface area (Å²) in [5.41, 5.74) is 2.79. The first kappa shape index (κ1) is 30.3. The Morgan fingerprint density at radius 3 is 2.17 bits per heavy atom. The summed E-state index contributed by atoms with van der Waals surface area (Å²) in [5, 5.41) is 3.13. The van der Waals surface area contributed by atoms with Crippen molar-refractivity contribution in [1.29, 1.82) is 0 Å². The first-order valence-corrected chi connectivity index (χ1v) is 12.2. The molecule has 0 unspecified atom stereocenters. The second-order valence-electron chi connectivity index (χ2n) is 6.65. The summed E-state index contributed by atoms with van der Waals surface area (Å²) >= 11 is 1.92. The van der Waals surface area contributed by atoms with Crippen LogP contribution in [0.4, 0.5) is 0 Å². The van der Waals surface area contributed by atoms with Crippen LogP contribution < -0.4 is 5.32 Å². The number of nitrogens with one attached hydrogen (secondary N) is 1. The van der Waals surface area contributed by atoms with Crippen LogP contribution in [0.1, 0.15) is 66.7 Å². The Bertz CT molecular complexity index is 434. The zero-order valence-electron chi connectivity index (χ0n) is 20.1. The molecule has 0 aliphatic carbocycles. The van der Waals surface area contributed by atoms with Gasteiger partial charge < -0.3 is 19.5 Å². The molecule has 0 bridgehead atoms. The minimum atomic E-state index is 0.708. The summed E-state index contributed by atoms with van der Waals surface area (Å²) in [5.74, 6) is 3.12. The van der Waals surface area contributed by atoms with Gasteiger partial charge in [0.2, 0.25) is 0 Å². The summed E-state index contributed by atoms with van der Waals surface area (Å²) in [4.78, 5) is 0. The van der Waals surface area contributed by atoms with E-state index in [9.17, 15) is 0 Å². The van der Waals surface area contributed by atoms with E-state index in [0.29, 0.717) is 13.2 Å². The van der Waals surface area contributed by atoms with Gasteiger partial charge in [0, 0.05) is 25.1 Å². The average Bonchev–Trinajstić information content (AvgIpc) is 2.73. The molecular formula is C24H47NO3S. The van der Waals surface area contributed by atoms with Crippen LogP contribution in [-0.2, 0) is 14.2 Å². The molecule has 4 nitrogen and oxygen atoms in total. The first-order chi connectivity index (χ1) is 14.1. The summed E-state index contributed by atoms with van der Waals surface area (Å²) in [6, 6.07) is 0. The van der Waals surface area contributed by atoms with Gasteiger partial charge in [-0.05, 0) is 57.4 Å². The third-order valence-corrected chi connectivity index (χ3v) is 5.06. The molecule has 0 atom stereocenters. The summed E-state index contributed by atoms with van der Waals surface area (Å²) < 4.78 is 16.0. The Balaban J connectivity index is 0. The Kier molecular flexibility index (Phi) is 26.2. The highest BCUT2D eigenvalue weighted by molar-refractivity contribution is 7.99. The van der Waals surface area contributed by atoms with Crippen molar-refractivity contribution in [2.24, 2.45) is 0 Å². The Labute approximate surface area is 185 Å². The van der Waals surface area contributed by atoms with E-state index in [2.05, 4.69) is 52.1 Å². The van der Waals surface area contributed by atoms with E-state index in [1.165, 1.54) is 24.1 Å². The lowest BCUT2D eigenvalue weighted by Gasteiger charge is -2.04. The molecule has 0 rings (SSSR count). The van der Waals surface area contributed by atoms with Crippen molar-refractivity contribution in [1.82, 2.24) is 5.32 Å². The third-order valence-electron chi connectivity index (χ3n) is 4.08. The molecule has 0 aromatic rings. The van der Waals surface area contributed by atoms with Crippen LogP contribution in [0.3, 0.4) is 0 Å². The maximum atomic E-state index is 5.48. The summed E-state index contributed by atoms with van der Waals surface area (Å²) in [6.45, 7) is 13.8. The molecule has 5 heteroatoms. The van der Waals surface area contributed by atoms with E-state index in [4.69, 9.17) is 14.2 Å². The Morgan fingerprint density at radius 2 is 1.62 bits per heavy atom. The van der Waals surface area contributed by atoms with Crippen LogP contribution >= 0.6 is 11.8 Å². The van der Waals surface area contributed by atoms with Crippen molar-refractivity contribution in [2.45, 2.75) is 66.7 Å². The molecular weight excluding hydrogens is 382 g/mol. The van der Waals surface area contributed by atoms with Crippen molar-refractivity contribution in [3.63, 3.8) is 0 Å². The number of methoxy groups -OCH3 is 1. The quantitative estimate of drug-likeness (QED) is 0.166. The van der Waals surface area contributed by atoms with E-state index in [0.717, 1.165) is 49.7 Å². The molecule has 0 spiro atoms. The number of allylic oxidation sites excluding steroid dienone is 5. The highest BCUT2D eigenvalue weighted by Gasteiger charge is 1.92. The van der Waals surface area contributed by atoms with Crippen molar-refractivity contribution in [3.8, 4) is 0 Å². The molecule has 0 saturated heterocycles. The lowest BCUT2D eigenvalue weighted by atomic mass is 10.1. The second kappa shape index (κ2) is 25.1. The summed E-state index contributed by atoms with van der Waals surface area (Å²) in [6.07, 6.45) is 11.9. The molecule has 0 aliphatic heterocycles. The maximum Gasteiger partial charge on any atom is 0.114 e. The van der Waals surface area contributed by atoms with E-state index in [1.54, 1.807) is 7.11 Å². The molecule has 172 valence electrons. The SMILES string of the molecule is CC/C=C(\C=C/CCSCCOCCOCCC)OC.CCC/C(C)=C(\C)NC. The lowest BCUT2D eigenvalue weighted by molar-refractivity contribution is 0.0541. The second-order valence-corrected chi connectivity index (χ2v) is 7.88.